The molecule has 0 radical (unpaired) electrons. The van der Waals surface area contributed by atoms with E-state index in [0.717, 1.165) is 121 Å². The highest BCUT2D eigenvalue weighted by Crippen LogP contribution is 2.45. The van der Waals surface area contributed by atoms with Crippen LogP contribution in [0.25, 0.3) is 0 Å². The van der Waals surface area contributed by atoms with Gasteiger partial charge in [0, 0.05) is 25.7 Å². The van der Waals surface area contributed by atoms with Crippen LogP contribution in [0.4, 0.5) is 0 Å². The van der Waals surface area contributed by atoms with E-state index in [4.69, 9.17) is 37.0 Å². The largest absolute Gasteiger partial charge is 0.472 e. The number of rotatable bonds is 76. The van der Waals surface area contributed by atoms with Crippen molar-refractivity contribution in [2.45, 2.75) is 407 Å². The van der Waals surface area contributed by atoms with Crippen molar-refractivity contribution in [3.05, 3.63) is 24.3 Å². The predicted molar refractivity (Wildman–Crippen MR) is 400 cm³/mol. The lowest BCUT2D eigenvalue weighted by Gasteiger charge is -2.21. The van der Waals surface area contributed by atoms with Crippen LogP contribution in [0.2, 0.25) is 0 Å². The van der Waals surface area contributed by atoms with Gasteiger partial charge >= 0.3 is 39.5 Å². The smallest absolute Gasteiger partial charge is 0.462 e. The zero-order valence-electron chi connectivity index (χ0n) is 63.6. The number of ether oxygens (including phenoxy) is 4. The zero-order chi connectivity index (χ0) is 72.1. The number of aliphatic hydroxyl groups excluding tert-OH is 1. The molecule has 0 aromatic carbocycles. The van der Waals surface area contributed by atoms with Gasteiger partial charge in [-0.2, -0.15) is 0 Å². The number of aliphatic hydroxyl groups is 1. The highest BCUT2D eigenvalue weighted by Gasteiger charge is 2.30. The van der Waals surface area contributed by atoms with Crippen LogP contribution in [-0.4, -0.2) is 96.7 Å². The molecule has 0 heterocycles. The number of phosphoric ester groups is 2. The van der Waals surface area contributed by atoms with Gasteiger partial charge in [-0.1, -0.05) is 336 Å². The summed E-state index contributed by atoms with van der Waals surface area (Å²) in [6, 6.07) is 0. The van der Waals surface area contributed by atoms with Crippen LogP contribution >= 0.6 is 15.6 Å². The van der Waals surface area contributed by atoms with Crippen molar-refractivity contribution < 1.29 is 80.2 Å². The molecule has 578 valence electrons. The van der Waals surface area contributed by atoms with Gasteiger partial charge in [-0.25, -0.2) is 9.13 Å². The minimum absolute atomic E-state index is 0.102. The summed E-state index contributed by atoms with van der Waals surface area (Å²) in [6.45, 7) is 9.47. The number of allylic oxidation sites excluding steroid dienone is 4. The molecule has 0 aliphatic heterocycles. The minimum atomic E-state index is -4.97. The fourth-order valence-corrected chi connectivity index (χ4v) is 13.2. The molecule has 3 N–H and O–H groups in total. The number of carbonyl (C=O) groups excluding carboxylic acids is 4. The number of unbranched alkanes of at least 4 members (excludes halogenated alkanes) is 43. The topological polar surface area (TPSA) is 237 Å². The van der Waals surface area contributed by atoms with Crippen LogP contribution in [0.3, 0.4) is 0 Å². The van der Waals surface area contributed by atoms with Gasteiger partial charge in [-0.15, -0.1) is 0 Å². The van der Waals surface area contributed by atoms with E-state index in [1.807, 2.05) is 0 Å². The summed E-state index contributed by atoms with van der Waals surface area (Å²) in [6.07, 6.45) is 62.0. The first-order valence-corrected chi connectivity index (χ1v) is 43.3. The summed E-state index contributed by atoms with van der Waals surface area (Å²) in [4.78, 5) is 72.9. The summed E-state index contributed by atoms with van der Waals surface area (Å²) in [5.74, 6) is -0.692. The van der Waals surface area contributed by atoms with Gasteiger partial charge in [0.2, 0.25) is 0 Å². The van der Waals surface area contributed by atoms with Crippen LogP contribution in [0, 0.1) is 11.8 Å². The molecule has 0 aromatic rings. The van der Waals surface area contributed by atoms with Crippen LogP contribution in [-0.2, 0) is 65.4 Å². The first-order chi connectivity index (χ1) is 47.4. The van der Waals surface area contributed by atoms with Gasteiger partial charge in [-0.3, -0.25) is 37.3 Å². The first kappa shape index (κ1) is 95.5. The van der Waals surface area contributed by atoms with Crippen molar-refractivity contribution in [3.63, 3.8) is 0 Å². The normalized spacial score (nSPS) is 14.1. The second kappa shape index (κ2) is 70.2. The quantitative estimate of drug-likeness (QED) is 0.0169. The molecule has 0 spiro atoms. The van der Waals surface area contributed by atoms with E-state index in [0.29, 0.717) is 31.6 Å². The highest BCUT2D eigenvalue weighted by molar-refractivity contribution is 7.47. The van der Waals surface area contributed by atoms with E-state index in [9.17, 15) is 43.2 Å². The summed E-state index contributed by atoms with van der Waals surface area (Å²) in [5, 5.41) is 10.6. The summed E-state index contributed by atoms with van der Waals surface area (Å²) >= 11 is 0. The van der Waals surface area contributed by atoms with Gasteiger partial charge in [0.1, 0.15) is 19.3 Å². The predicted octanol–water partition coefficient (Wildman–Crippen LogP) is 23.1. The van der Waals surface area contributed by atoms with Crippen LogP contribution in [0.5, 0.6) is 0 Å². The van der Waals surface area contributed by atoms with E-state index in [2.05, 4.69) is 65.8 Å². The molecule has 0 aromatic heterocycles. The lowest BCUT2D eigenvalue weighted by molar-refractivity contribution is -0.161. The Morgan fingerprint density at radius 1 is 0.316 bits per heavy atom. The van der Waals surface area contributed by atoms with Crippen LogP contribution in [0.15, 0.2) is 24.3 Å². The van der Waals surface area contributed by atoms with Gasteiger partial charge in [0.15, 0.2) is 12.2 Å². The molecular weight excluding hydrogens is 1280 g/mol. The molecule has 0 aliphatic rings. The SMILES string of the molecule is CCCCCC/C=C\C=C/CCCCCCCC(=O)OC[C@H](COP(=O)(O)OC[C@@H](O)COP(=O)(O)OC[C@@H](COC(=O)CCCCCCCCC(C)C)OC(=O)CCCCCCCCCCCCCCC(C)C)OC(=O)CCCCCCCCCCCCCCCCCCCCC. The Hall–Kier alpha value is -2.46. The number of hydrogen-bond donors (Lipinski definition) is 3. The first-order valence-electron chi connectivity index (χ1n) is 40.3. The maximum absolute atomic E-state index is 13.1. The van der Waals surface area contributed by atoms with Crippen molar-refractivity contribution in [1.29, 1.82) is 0 Å². The van der Waals surface area contributed by atoms with Crippen LogP contribution < -0.4 is 0 Å². The third-order valence-corrected chi connectivity index (χ3v) is 19.7. The maximum atomic E-state index is 13.1. The molecule has 0 rings (SSSR count). The fraction of sp³-hybridized carbons (Fsp3) is 0.899. The Labute approximate surface area is 599 Å². The number of hydrogen-bond acceptors (Lipinski definition) is 15. The van der Waals surface area contributed by atoms with Gasteiger partial charge < -0.3 is 33.8 Å². The van der Waals surface area contributed by atoms with Crippen molar-refractivity contribution in [2.75, 3.05) is 39.6 Å². The van der Waals surface area contributed by atoms with E-state index in [-0.39, 0.29) is 25.7 Å². The molecule has 0 saturated carbocycles. The Kier molecular flexibility index (Phi) is 68.5. The molecule has 0 fully saturated rings. The Morgan fingerprint density at radius 2 is 0.551 bits per heavy atom. The highest BCUT2D eigenvalue weighted by atomic mass is 31.2. The molecule has 0 saturated heterocycles. The van der Waals surface area contributed by atoms with Crippen molar-refractivity contribution in [3.8, 4) is 0 Å². The Bertz CT molecular complexity index is 1980. The summed E-state index contributed by atoms with van der Waals surface area (Å²) < 4.78 is 68.6. The number of carbonyl (C=O) groups is 4. The van der Waals surface area contributed by atoms with Gasteiger partial charge in [0.05, 0.1) is 26.4 Å². The van der Waals surface area contributed by atoms with E-state index < -0.39 is 97.5 Å². The molecule has 98 heavy (non-hydrogen) atoms. The fourth-order valence-electron chi connectivity index (χ4n) is 11.6. The lowest BCUT2D eigenvalue weighted by atomic mass is 10.0. The average molecular weight is 1430 g/mol. The van der Waals surface area contributed by atoms with E-state index >= 15 is 0 Å². The van der Waals surface area contributed by atoms with E-state index in [1.54, 1.807) is 0 Å². The third kappa shape index (κ3) is 71.9. The van der Waals surface area contributed by atoms with Gasteiger partial charge in [-0.05, 0) is 63.2 Å². The molecule has 17 nitrogen and oxygen atoms in total. The minimum Gasteiger partial charge on any atom is -0.462 e. The third-order valence-electron chi connectivity index (χ3n) is 17.8. The Balaban J connectivity index is 5.26. The molecule has 0 bridgehead atoms. The average Bonchev–Trinajstić information content (AvgIpc) is 1.30. The summed E-state index contributed by atoms with van der Waals surface area (Å²) in [5.41, 5.74) is 0. The Morgan fingerprint density at radius 3 is 0.837 bits per heavy atom. The molecular formula is C79H150O17P2. The summed E-state index contributed by atoms with van der Waals surface area (Å²) in [7, 11) is -9.93. The number of esters is 4. The lowest BCUT2D eigenvalue weighted by Crippen LogP contribution is -2.30. The van der Waals surface area contributed by atoms with Crippen LogP contribution in [0.1, 0.15) is 388 Å². The van der Waals surface area contributed by atoms with Gasteiger partial charge in [0.25, 0.3) is 0 Å². The zero-order valence-corrected chi connectivity index (χ0v) is 65.4. The molecule has 19 heteroatoms. The van der Waals surface area contributed by atoms with Crippen molar-refractivity contribution in [2.24, 2.45) is 11.8 Å². The second-order valence-corrected chi connectivity index (χ2v) is 31.6. The number of phosphoric acid groups is 2. The molecule has 0 amide bonds. The maximum Gasteiger partial charge on any atom is 0.472 e. The molecule has 2 unspecified atom stereocenters. The second-order valence-electron chi connectivity index (χ2n) is 28.7. The monoisotopic (exact) mass is 1430 g/mol. The molecule has 5 atom stereocenters. The van der Waals surface area contributed by atoms with Crippen molar-refractivity contribution >= 4 is 39.5 Å². The standard InChI is InChI=1S/C79H150O17P2/c1-7-9-11-13-15-17-19-21-23-24-25-26-28-30-35-39-43-51-57-63-78(83)95-74(67-89-76(81)61-55-49-42-38-34-29-27-22-20-18-16-14-12-10-8-2)69-93-97(85,86)91-65-73(80)66-92-98(87,88)94-70-75(68-90-77(82)62-56-50-46-45-48-54-60-72(5)6)96-79(84)64-58-52-44-40-36-32-31-33-37-41-47-53-59-71(3)4/h18,20,22,27,71-75,80H,7-17,19,21,23-26,28-70H2,1-6H3,(H,85,86)(H,87,88)/b20-18-,27-22-/t73-,74-,75-/m1/s1. The van der Waals surface area contributed by atoms with E-state index in [1.165, 1.54) is 180 Å². The van der Waals surface area contributed by atoms with Crippen molar-refractivity contribution in [1.82, 2.24) is 0 Å². The molecule has 0 aliphatic carbocycles.